The molecule has 2 aromatic carbocycles. The summed E-state index contributed by atoms with van der Waals surface area (Å²) >= 11 is 12.0. The zero-order valence-corrected chi connectivity index (χ0v) is 17.3. The first-order chi connectivity index (χ1) is 13.4. The Kier molecular flexibility index (Phi) is 6.70. The minimum Gasteiger partial charge on any atom is -0.354 e. The summed E-state index contributed by atoms with van der Waals surface area (Å²) in [6, 6.07) is 15.5. The molecule has 1 N–H and O–H groups in total. The average molecular weight is 417 g/mol. The second-order valence-electron chi connectivity index (χ2n) is 6.75. The first-order valence-electron chi connectivity index (χ1n) is 9.05. The van der Waals surface area contributed by atoms with Gasteiger partial charge in [-0.25, -0.2) is 9.67 Å². The highest BCUT2D eigenvalue weighted by Gasteiger charge is 2.15. The molecule has 0 bridgehead atoms. The maximum absolute atomic E-state index is 12.4. The van der Waals surface area contributed by atoms with Crippen LogP contribution in [0.5, 0.6) is 0 Å². The van der Waals surface area contributed by atoms with Crippen molar-refractivity contribution >= 4 is 29.1 Å². The highest BCUT2D eigenvalue weighted by Crippen LogP contribution is 2.23. The highest BCUT2D eigenvalue weighted by atomic mass is 35.5. The Morgan fingerprint density at radius 2 is 1.64 bits per heavy atom. The summed E-state index contributed by atoms with van der Waals surface area (Å²) in [4.78, 5) is 16.6. The lowest BCUT2D eigenvalue weighted by Crippen LogP contribution is -2.32. The monoisotopic (exact) mass is 416 g/mol. The first-order valence-corrected chi connectivity index (χ1v) is 9.81. The number of rotatable bonds is 7. The number of halogens is 2. The van der Waals surface area contributed by atoms with E-state index in [2.05, 4.69) is 15.4 Å². The maximum Gasteiger partial charge on any atom is 0.241 e. The van der Waals surface area contributed by atoms with E-state index in [0.29, 0.717) is 22.4 Å². The van der Waals surface area contributed by atoms with E-state index in [9.17, 15) is 4.79 Å². The molecule has 0 radical (unpaired) electrons. The Labute approximate surface area is 174 Å². The fraction of sp³-hybridized carbons (Fsp3) is 0.286. The molecular formula is C21H22Cl2N4O. The highest BCUT2D eigenvalue weighted by molar-refractivity contribution is 6.30. The van der Waals surface area contributed by atoms with Gasteiger partial charge < -0.3 is 5.32 Å². The number of nitrogens with zero attached hydrogens (tertiary/aromatic N) is 3. The zero-order valence-electron chi connectivity index (χ0n) is 15.8. The summed E-state index contributed by atoms with van der Waals surface area (Å²) < 4.78 is 1.61. The first kappa shape index (κ1) is 20.4. The molecule has 1 atom stereocenters. The number of nitrogens with one attached hydrogen (secondary N) is 1. The van der Waals surface area contributed by atoms with E-state index in [1.807, 2.05) is 62.4 Å². The van der Waals surface area contributed by atoms with Crippen molar-refractivity contribution < 1.29 is 4.79 Å². The van der Waals surface area contributed by atoms with Crippen LogP contribution in [0.2, 0.25) is 10.0 Å². The summed E-state index contributed by atoms with van der Waals surface area (Å²) in [5.41, 5.74) is 2.27. The maximum atomic E-state index is 12.4. The molecule has 0 spiro atoms. The summed E-state index contributed by atoms with van der Waals surface area (Å²) in [5.74, 6) is 1.40. The van der Waals surface area contributed by atoms with Gasteiger partial charge in [0.1, 0.15) is 18.2 Å². The largest absolute Gasteiger partial charge is 0.354 e. The minimum absolute atomic E-state index is 0.0944. The molecule has 146 valence electrons. The van der Waals surface area contributed by atoms with E-state index in [-0.39, 0.29) is 18.4 Å². The number of carbonyl (C=O) groups is 1. The molecule has 3 rings (SSSR count). The molecule has 1 amide bonds. The van der Waals surface area contributed by atoms with Crippen LogP contribution in [0.15, 0.2) is 48.5 Å². The van der Waals surface area contributed by atoms with Crippen LogP contribution < -0.4 is 5.32 Å². The van der Waals surface area contributed by atoms with Crippen LogP contribution in [-0.2, 0) is 17.8 Å². The van der Waals surface area contributed by atoms with Gasteiger partial charge in [0.15, 0.2) is 0 Å². The fourth-order valence-electron chi connectivity index (χ4n) is 3.09. The van der Waals surface area contributed by atoms with Crippen LogP contribution in [-0.4, -0.2) is 27.2 Å². The van der Waals surface area contributed by atoms with E-state index in [1.54, 1.807) is 4.68 Å². The molecular weight excluding hydrogens is 395 g/mol. The fourth-order valence-corrected chi connectivity index (χ4v) is 3.34. The lowest BCUT2D eigenvalue weighted by Gasteiger charge is -2.19. The Morgan fingerprint density at radius 3 is 2.21 bits per heavy atom. The van der Waals surface area contributed by atoms with Gasteiger partial charge in [0.2, 0.25) is 5.91 Å². The van der Waals surface area contributed by atoms with E-state index < -0.39 is 0 Å². The van der Waals surface area contributed by atoms with E-state index in [1.165, 1.54) is 0 Å². The second-order valence-corrected chi connectivity index (χ2v) is 7.62. The minimum atomic E-state index is -0.0944. The third-order valence-electron chi connectivity index (χ3n) is 4.54. The van der Waals surface area contributed by atoms with E-state index in [4.69, 9.17) is 23.2 Å². The molecule has 5 nitrogen and oxygen atoms in total. The van der Waals surface area contributed by atoms with E-state index >= 15 is 0 Å². The number of hydrogen-bond acceptors (Lipinski definition) is 3. The van der Waals surface area contributed by atoms with Crippen molar-refractivity contribution in [2.24, 2.45) is 0 Å². The van der Waals surface area contributed by atoms with Crippen molar-refractivity contribution in [3.63, 3.8) is 0 Å². The number of carbonyl (C=O) groups excluding carboxylic acids is 1. The summed E-state index contributed by atoms with van der Waals surface area (Å²) in [5, 5.41) is 8.66. The number of aryl methyl sites for hydroxylation is 2. The Balaban J connectivity index is 1.69. The van der Waals surface area contributed by atoms with Crippen molar-refractivity contribution in [2.45, 2.75) is 32.7 Å². The number of aromatic nitrogens is 3. The standard InChI is InChI=1S/C21H22Cl2N4O/c1-14-25-15(2)27(26-14)13-21(28)24-12-18(17-5-9-20(23)10-6-17)11-16-3-7-19(22)8-4-16/h3-10,18H,11-13H2,1-2H3,(H,24,28)/t18-/m0/s1. The predicted octanol–water partition coefficient (Wildman–Crippen LogP) is 4.34. The number of hydrogen-bond donors (Lipinski definition) is 1. The summed E-state index contributed by atoms with van der Waals surface area (Å²) in [7, 11) is 0. The molecule has 0 aliphatic heterocycles. The van der Waals surface area contributed by atoms with Crippen molar-refractivity contribution in [1.29, 1.82) is 0 Å². The molecule has 1 aromatic heterocycles. The van der Waals surface area contributed by atoms with Gasteiger partial charge in [0, 0.05) is 22.5 Å². The van der Waals surface area contributed by atoms with Gasteiger partial charge in [0.25, 0.3) is 0 Å². The molecule has 0 aliphatic rings. The third-order valence-corrected chi connectivity index (χ3v) is 5.04. The molecule has 7 heteroatoms. The lowest BCUT2D eigenvalue weighted by atomic mass is 9.92. The molecule has 3 aromatic rings. The van der Waals surface area contributed by atoms with Gasteiger partial charge in [-0.1, -0.05) is 47.5 Å². The SMILES string of the molecule is Cc1nc(C)n(CC(=O)NC[C@H](Cc2ccc(Cl)cc2)c2ccc(Cl)cc2)n1. The van der Waals surface area contributed by atoms with Crippen molar-refractivity contribution in [2.75, 3.05) is 6.54 Å². The normalized spacial score (nSPS) is 12.0. The Bertz CT molecular complexity index is 936. The van der Waals surface area contributed by atoms with Crippen molar-refractivity contribution in [3.05, 3.63) is 81.4 Å². The van der Waals surface area contributed by atoms with Crippen LogP contribution in [0, 0.1) is 13.8 Å². The Morgan fingerprint density at radius 1 is 1.04 bits per heavy atom. The van der Waals surface area contributed by atoms with Gasteiger partial charge in [-0.3, -0.25) is 4.79 Å². The van der Waals surface area contributed by atoms with Gasteiger partial charge in [-0.15, -0.1) is 0 Å². The lowest BCUT2D eigenvalue weighted by molar-refractivity contribution is -0.121. The zero-order chi connectivity index (χ0) is 20.1. The van der Waals surface area contributed by atoms with Crippen LogP contribution >= 0.6 is 23.2 Å². The predicted molar refractivity (Wildman–Crippen MR) is 112 cm³/mol. The van der Waals surface area contributed by atoms with Crippen LogP contribution in [0.4, 0.5) is 0 Å². The van der Waals surface area contributed by atoms with Crippen LogP contribution in [0.25, 0.3) is 0 Å². The smallest absolute Gasteiger partial charge is 0.241 e. The van der Waals surface area contributed by atoms with Gasteiger partial charge in [0.05, 0.1) is 0 Å². The quantitative estimate of drug-likeness (QED) is 0.622. The van der Waals surface area contributed by atoms with E-state index in [0.717, 1.165) is 23.4 Å². The van der Waals surface area contributed by atoms with Gasteiger partial charge >= 0.3 is 0 Å². The average Bonchev–Trinajstić information content (AvgIpc) is 2.98. The molecule has 0 fully saturated rings. The summed E-state index contributed by atoms with van der Waals surface area (Å²) in [6.07, 6.45) is 0.778. The van der Waals surface area contributed by atoms with Crippen LogP contribution in [0.3, 0.4) is 0 Å². The summed E-state index contributed by atoms with van der Waals surface area (Å²) in [6.45, 7) is 4.31. The molecule has 28 heavy (non-hydrogen) atoms. The van der Waals surface area contributed by atoms with Gasteiger partial charge in [-0.05, 0) is 55.7 Å². The number of amides is 1. The third kappa shape index (κ3) is 5.57. The Hall–Kier alpha value is -2.37. The second kappa shape index (κ2) is 9.22. The van der Waals surface area contributed by atoms with Crippen molar-refractivity contribution in [1.82, 2.24) is 20.1 Å². The molecule has 0 saturated heterocycles. The molecule has 0 unspecified atom stereocenters. The topological polar surface area (TPSA) is 59.8 Å². The number of benzene rings is 2. The van der Waals surface area contributed by atoms with Crippen LogP contribution in [0.1, 0.15) is 28.7 Å². The molecule has 1 heterocycles. The molecule has 0 aliphatic carbocycles. The van der Waals surface area contributed by atoms with Gasteiger partial charge in [-0.2, -0.15) is 5.10 Å². The molecule has 0 saturated carbocycles. The van der Waals surface area contributed by atoms with Crippen molar-refractivity contribution in [3.8, 4) is 0 Å².